The summed E-state index contributed by atoms with van der Waals surface area (Å²) in [5.41, 5.74) is 1.28. The fourth-order valence-electron chi connectivity index (χ4n) is 3.00. The molecule has 0 saturated carbocycles. The molecular weight excluding hydrogens is 379 g/mol. The molecule has 10 heteroatoms. The number of ether oxygens (including phenoxy) is 2. The predicted molar refractivity (Wildman–Crippen MR) is 106 cm³/mol. The Bertz CT molecular complexity index is 1050. The van der Waals surface area contributed by atoms with Crippen LogP contribution in [0.5, 0.6) is 11.5 Å². The number of benzene rings is 1. The number of nitrogens with zero attached hydrogens (tertiary/aromatic N) is 3. The summed E-state index contributed by atoms with van der Waals surface area (Å²) in [5, 5.41) is 13.0. The Morgan fingerprint density at radius 3 is 2.97 bits per heavy atom. The van der Waals surface area contributed by atoms with Crippen molar-refractivity contribution in [2.75, 3.05) is 37.4 Å². The molecule has 1 amide bonds. The summed E-state index contributed by atoms with van der Waals surface area (Å²) in [4.78, 5) is 17.0. The quantitative estimate of drug-likeness (QED) is 0.584. The second-order valence-corrected chi connectivity index (χ2v) is 6.52. The maximum absolute atomic E-state index is 13.1. The Morgan fingerprint density at radius 1 is 1.34 bits per heavy atom. The second kappa shape index (κ2) is 7.82. The molecule has 152 valence electrons. The first-order valence-corrected chi connectivity index (χ1v) is 9.21. The number of para-hydroxylation sites is 1. The van der Waals surface area contributed by atoms with Gasteiger partial charge in [-0.05, 0) is 19.1 Å². The minimum absolute atomic E-state index is 0.0828. The standard InChI is InChI=1S/C19H21FN6O3/c1-11(20)9-22-19(27)12-10-23-26-16(21-2)8-15(25-18(12)26)24-13-4-3-5-14-17(13)29-7-6-28-14/h3-5,8,10-11,21H,6-7,9H2,1-2H3,(H,22,27)(H,24,25). The monoisotopic (exact) mass is 400 g/mol. The average Bonchev–Trinajstić information content (AvgIpc) is 3.16. The van der Waals surface area contributed by atoms with Crippen LogP contribution in [0.2, 0.25) is 0 Å². The van der Waals surface area contributed by atoms with Crippen molar-refractivity contribution in [2.45, 2.75) is 13.1 Å². The number of hydrogen-bond donors (Lipinski definition) is 3. The number of nitrogens with one attached hydrogen (secondary N) is 3. The van der Waals surface area contributed by atoms with Crippen molar-refractivity contribution in [3.63, 3.8) is 0 Å². The molecule has 29 heavy (non-hydrogen) atoms. The van der Waals surface area contributed by atoms with Gasteiger partial charge in [-0.3, -0.25) is 4.79 Å². The number of fused-ring (bicyclic) bond motifs is 2. The van der Waals surface area contributed by atoms with Gasteiger partial charge < -0.3 is 25.4 Å². The van der Waals surface area contributed by atoms with E-state index < -0.39 is 12.1 Å². The third-order valence-corrected chi connectivity index (χ3v) is 4.35. The minimum atomic E-state index is -1.15. The van der Waals surface area contributed by atoms with E-state index in [0.717, 1.165) is 0 Å². The first kappa shape index (κ1) is 18.8. The zero-order valence-corrected chi connectivity index (χ0v) is 16.0. The highest BCUT2D eigenvalue weighted by atomic mass is 19.1. The van der Waals surface area contributed by atoms with E-state index in [1.165, 1.54) is 17.6 Å². The molecule has 3 N–H and O–H groups in total. The second-order valence-electron chi connectivity index (χ2n) is 6.52. The molecule has 0 fully saturated rings. The highest BCUT2D eigenvalue weighted by Gasteiger charge is 2.19. The number of hydrogen-bond acceptors (Lipinski definition) is 7. The highest BCUT2D eigenvalue weighted by molar-refractivity contribution is 6.00. The fraction of sp³-hybridized carbons (Fsp3) is 0.316. The molecule has 4 rings (SSSR count). The summed E-state index contributed by atoms with van der Waals surface area (Å²) in [7, 11) is 1.74. The summed E-state index contributed by atoms with van der Waals surface area (Å²) >= 11 is 0. The van der Waals surface area contributed by atoms with Gasteiger partial charge in [0.25, 0.3) is 5.91 Å². The lowest BCUT2D eigenvalue weighted by Crippen LogP contribution is -2.28. The third-order valence-electron chi connectivity index (χ3n) is 4.35. The highest BCUT2D eigenvalue weighted by Crippen LogP contribution is 2.38. The molecule has 1 unspecified atom stereocenters. The van der Waals surface area contributed by atoms with E-state index in [1.807, 2.05) is 18.2 Å². The number of rotatable bonds is 6. The zero-order chi connectivity index (χ0) is 20.4. The van der Waals surface area contributed by atoms with Gasteiger partial charge in [-0.15, -0.1) is 0 Å². The summed E-state index contributed by atoms with van der Waals surface area (Å²) < 4.78 is 25.9. The van der Waals surface area contributed by atoms with Crippen LogP contribution in [0.3, 0.4) is 0 Å². The molecule has 0 aliphatic carbocycles. The van der Waals surface area contributed by atoms with Gasteiger partial charge in [0.2, 0.25) is 0 Å². The molecule has 3 aromatic rings. The number of alkyl halides is 1. The fourth-order valence-corrected chi connectivity index (χ4v) is 3.00. The maximum Gasteiger partial charge on any atom is 0.256 e. The molecule has 2 aromatic heterocycles. The third kappa shape index (κ3) is 3.73. The predicted octanol–water partition coefficient (Wildman–Crippen LogP) is 2.37. The van der Waals surface area contributed by atoms with Gasteiger partial charge in [-0.2, -0.15) is 9.61 Å². The number of anilines is 3. The van der Waals surface area contributed by atoms with Crippen molar-refractivity contribution < 1.29 is 18.7 Å². The molecule has 1 aromatic carbocycles. The van der Waals surface area contributed by atoms with E-state index in [9.17, 15) is 9.18 Å². The van der Waals surface area contributed by atoms with E-state index in [1.54, 1.807) is 13.1 Å². The SMILES string of the molecule is CNc1cc(Nc2cccc3c2OCCO3)nc2c(C(=O)NCC(C)F)cnn12. The maximum atomic E-state index is 13.1. The zero-order valence-electron chi connectivity index (χ0n) is 16.0. The molecule has 0 bridgehead atoms. The van der Waals surface area contributed by atoms with Crippen molar-refractivity contribution >= 4 is 28.9 Å². The smallest absolute Gasteiger partial charge is 0.256 e. The first-order valence-electron chi connectivity index (χ1n) is 9.21. The lowest BCUT2D eigenvalue weighted by Gasteiger charge is -2.21. The molecule has 9 nitrogen and oxygen atoms in total. The lowest BCUT2D eigenvalue weighted by molar-refractivity contribution is 0.0945. The Morgan fingerprint density at radius 2 is 2.17 bits per heavy atom. The Labute approximate surface area is 166 Å². The number of halogens is 1. The number of carbonyl (C=O) groups excluding carboxylic acids is 1. The summed E-state index contributed by atoms with van der Waals surface area (Å²) in [6.07, 6.45) is 0.261. The largest absolute Gasteiger partial charge is 0.486 e. The van der Waals surface area contributed by atoms with Gasteiger partial charge in [0, 0.05) is 19.7 Å². The van der Waals surface area contributed by atoms with Crippen molar-refractivity contribution in [3.05, 3.63) is 36.0 Å². The van der Waals surface area contributed by atoms with Gasteiger partial charge in [-0.1, -0.05) is 6.07 Å². The van der Waals surface area contributed by atoms with Crippen molar-refractivity contribution in [1.82, 2.24) is 19.9 Å². The van der Waals surface area contributed by atoms with Crippen molar-refractivity contribution in [3.8, 4) is 11.5 Å². The van der Waals surface area contributed by atoms with Crippen LogP contribution in [-0.2, 0) is 0 Å². The molecule has 1 atom stereocenters. The van der Waals surface area contributed by atoms with Gasteiger partial charge in [0.1, 0.15) is 36.6 Å². The first-order chi connectivity index (χ1) is 14.1. The van der Waals surface area contributed by atoms with Crippen LogP contribution >= 0.6 is 0 Å². The molecule has 0 radical (unpaired) electrons. The van der Waals surface area contributed by atoms with Gasteiger partial charge in [0.15, 0.2) is 17.1 Å². The molecular formula is C19H21FN6O3. The van der Waals surface area contributed by atoms with Gasteiger partial charge >= 0.3 is 0 Å². The van der Waals surface area contributed by atoms with Gasteiger partial charge in [-0.25, -0.2) is 9.37 Å². The van der Waals surface area contributed by atoms with Crippen LogP contribution in [0, 0.1) is 0 Å². The van der Waals surface area contributed by atoms with Crippen LogP contribution < -0.4 is 25.4 Å². The van der Waals surface area contributed by atoms with E-state index in [-0.39, 0.29) is 12.1 Å². The van der Waals surface area contributed by atoms with Crippen molar-refractivity contribution in [1.29, 1.82) is 0 Å². The topological polar surface area (TPSA) is 102 Å². The molecule has 3 heterocycles. The Hall–Kier alpha value is -3.56. The summed E-state index contributed by atoms with van der Waals surface area (Å²) in [6.45, 7) is 2.25. The summed E-state index contributed by atoms with van der Waals surface area (Å²) in [5.74, 6) is 1.93. The Kier molecular flexibility index (Phi) is 5.07. The summed E-state index contributed by atoms with van der Waals surface area (Å²) in [6, 6.07) is 7.29. The normalized spacial score (nSPS) is 13.8. The van der Waals surface area contributed by atoms with E-state index >= 15 is 0 Å². The van der Waals surface area contributed by atoms with Crippen LogP contribution in [0.4, 0.5) is 21.7 Å². The van der Waals surface area contributed by atoms with E-state index in [0.29, 0.717) is 47.7 Å². The molecule has 1 aliphatic rings. The van der Waals surface area contributed by atoms with Gasteiger partial charge in [0.05, 0.1) is 11.9 Å². The van der Waals surface area contributed by atoms with Crippen LogP contribution in [0.15, 0.2) is 30.5 Å². The average molecular weight is 400 g/mol. The Balaban J connectivity index is 1.70. The van der Waals surface area contributed by atoms with E-state index in [4.69, 9.17) is 9.47 Å². The van der Waals surface area contributed by atoms with E-state index in [2.05, 4.69) is 26.0 Å². The van der Waals surface area contributed by atoms with Crippen LogP contribution in [-0.4, -0.2) is 53.5 Å². The van der Waals surface area contributed by atoms with Crippen LogP contribution in [0.25, 0.3) is 5.65 Å². The molecule has 1 aliphatic heterocycles. The van der Waals surface area contributed by atoms with Crippen molar-refractivity contribution in [2.24, 2.45) is 0 Å². The number of aromatic nitrogens is 3. The molecule has 0 spiro atoms. The minimum Gasteiger partial charge on any atom is -0.486 e. The number of carbonyl (C=O) groups is 1. The lowest BCUT2D eigenvalue weighted by atomic mass is 10.2. The molecule has 0 saturated heterocycles. The number of amides is 1. The van der Waals surface area contributed by atoms with Crippen LogP contribution in [0.1, 0.15) is 17.3 Å².